The molecule has 1 aliphatic heterocycles. The lowest BCUT2D eigenvalue weighted by molar-refractivity contribution is -0.137. The number of carbonyl (C=O) groups excluding carboxylic acids is 1. The van der Waals surface area contributed by atoms with Gasteiger partial charge in [-0.2, -0.15) is 0 Å². The average Bonchev–Trinajstić information content (AvgIpc) is 2.57. The monoisotopic (exact) mass is 354 g/mol. The van der Waals surface area contributed by atoms with E-state index in [1.165, 1.54) is 0 Å². The van der Waals surface area contributed by atoms with Gasteiger partial charge >= 0.3 is 5.97 Å². The number of hydrogen-bond donors (Lipinski definition) is 2. The first-order chi connectivity index (χ1) is 11.1. The maximum Gasteiger partial charge on any atom is 0.303 e. The maximum atomic E-state index is 12.1. The van der Waals surface area contributed by atoms with Gasteiger partial charge in [-0.05, 0) is 56.8 Å². The van der Waals surface area contributed by atoms with E-state index in [2.05, 4.69) is 10.2 Å². The van der Waals surface area contributed by atoms with E-state index < -0.39 is 5.97 Å². The number of unbranched alkanes of at least 4 members (excludes halogenated alkanes) is 1. The third-order valence-corrected chi connectivity index (χ3v) is 4.31. The minimum absolute atomic E-state index is 0. The summed E-state index contributed by atoms with van der Waals surface area (Å²) in [6.07, 6.45) is 4.20. The van der Waals surface area contributed by atoms with Crippen molar-refractivity contribution in [3.8, 4) is 0 Å². The van der Waals surface area contributed by atoms with Crippen molar-refractivity contribution in [3.05, 3.63) is 35.9 Å². The van der Waals surface area contributed by atoms with Crippen LogP contribution in [0.4, 0.5) is 0 Å². The summed E-state index contributed by atoms with van der Waals surface area (Å²) < 4.78 is 0. The van der Waals surface area contributed by atoms with Crippen LogP contribution in [0.15, 0.2) is 30.3 Å². The average molecular weight is 355 g/mol. The summed E-state index contributed by atoms with van der Waals surface area (Å²) in [7, 11) is 0. The molecule has 1 aromatic carbocycles. The van der Waals surface area contributed by atoms with Crippen molar-refractivity contribution in [1.29, 1.82) is 0 Å². The number of rotatable bonds is 8. The molecule has 0 aliphatic carbocycles. The van der Waals surface area contributed by atoms with Crippen LogP contribution in [0.25, 0.3) is 0 Å². The van der Waals surface area contributed by atoms with E-state index in [0.717, 1.165) is 45.3 Å². The van der Waals surface area contributed by atoms with E-state index in [-0.39, 0.29) is 24.7 Å². The zero-order valence-corrected chi connectivity index (χ0v) is 14.8. The number of aliphatic carboxylic acids is 1. The number of piperidine rings is 1. The summed E-state index contributed by atoms with van der Waals surface area (Å²) in [6.45, 7) is 3.73. The van der Waals surface area contributed by atoms with Crippen molar-refractivity contribution in [2.45, 2.75) is 32.1 Å². The molecule has 1 saturated heterocycles. The molecule has 24 heavy (non-hydrogen) atoms. The van der Waals surface area contributed by atoms with Gasteiger partial charge in [0.05, 0.1) is 0 Å². The molecule has 1 heterocycles. The van der Waals surface area contributed by atoms with Gasteiger partial charge in [0.1, 0.15) is 0 Å². The number of hydrogen-bond acceptors (Lipinski definition) is 3. The Morgan fingerprint density at radius 3 is 2.67 bits per heavy atom. The van der Waals surface area contributed by atoms with Gasteiger partial charge < -0.3 is 15.3 Å². The molecular formula is C18H27ClN2O3. The Morgan fingerprint density at radius 2 is 1.96 bits per heavy atom. The van der Waals surface area contributed by atoms with Crippen LogP contribution < -0.4 is 5.32 Å². The highest BCUT2D eigenvalue weighted by Gasteiger charge is 2.20. The van der Waals surface area contributed by atoms with Crippen LogP contribution in [0.1, 0.15) is 42.5 Å². The molecule has 134 valence electrons. The molecule has 0 radical (unpaired) electrons. The highest BCUT2D eigenvalue weighted by atomic mass is 35.5. The Bertz CT molecular complexity index is 510. The van der Waals surface area contributed by atoms with Gasteiger partial charge in [0.15, 0.2) is 0 Å². The first-order valence-electron chi connectivity index (χ1n) is 8.42. The van der Waals surface area contributed by atoms with Gasteiger partial charge in [-0.1, -0.05) is 18.2 Å². The van der Waals surface area contributed by atoms with Crippen molar-refractivity contribution in [2.24, 2.45) is 5.92 Å². The summed E-state index contributed by atoms with van der Waals surface area (Å²) in [5.74, 6) is -0.245. The Labute approximate surface area is 149 Å². The molecule has 0 saturated carbocycles. The third kappa shape index (κ3) is 7.32. The molecule has 1 amide bonds. The number of benzene rings is 1. The van der Waals surface area contributed by atoms with Gasteiger partial charge in [-0.3, -0.25) is 9.59 Å². The molecule has 1 fully saturated rings. The lowest BCUT2D eigenvalue weighted by atomic mass is 9.97. The first-order valence-corrected chi connectivity index (χ1v) is 8.42. The standard InChI is InChI=1S/C18H26N2O3.ClH/c21-17(22)10-4-5-11-20-12-6-7-15(14-20)13-19-18(23)16-8-2-1-3-9-16;/h1-3,8-9,15H,4-7,10-14H2,(H,19,23)(H,21,22);1H. The highest BCUT2D eigenvalue weighted by molar-refractivity contribution is 5.94. The largest absolute Gasteiger partial charge is 0.481 e. The van der Waals surface area contributed by atoms with E-state index in [1.54, 1.807) is 0 Å². The predicted molar refractivity (Wildman–Crippen MR) is 96.7 cm³/mol. The number of carboxylic acids is 1. The van der Waals surface area contributed by atoms with E-state index in [1.807, 2.05) is 30.3 Å². The number of carbonyl (C=O) groups is 2. The maximum absolute atomic E-state index is 12.1. The van der Waals surface area contributed by atoms with Crippen LogP contribution >= 0.6 is 12.4 Å². The fraction of sp³-hybridized carbons (Fsp3) is 0.556. The Hall–Kier alpha value is -1.59. The number of likely N-dealkylation sites (tertiary alicyclic amines) is 1. The van der Waals surface area contributed by atoms with E-state index in [9.17, 15) is 9.59 Å². The number of nitrogens with one attached hydrogen (secondary N) is 1. The van der Waals surface area contributed by atoms with Crippen molar-refractivity contribution in [2.75, 3.05) is 26.2 Å². The molecule has 1 unspecified atom stereocenters. The number of carboxylic acid groups (broad SMARTS) is 1. The van der Waals surface area contributed by atoms with Crippen molar-refractivity contribution < 1.29 is 14.7 Å². The molecule has 1 aliphatic rings. The summed E-state index contributed by atoms with van der Waals surface area (Å²) in [6, 6.07) is 9.29. The fourth-order valence-corrected chi connectivity index (χ4v) is 3.06. The summed E-state index contributed by atoms with van der Waals surface area (Å²) in [5.41, 5.74) is 0.703. The quantitative estimate of drug-likeness (QED) is 0.704. The van der Waals surface area contributed by atoms with E-state index in [0.29, 0.717) is 18.0 Å². The van der Waals surface area contributed by atoms with Gasteiger partial charge in [-0.15, -0.1) is 12.4 Å². The van der Waals surface area contributed by atoms with Crippen LogP contribution in [0.3, 0.4) is 0 Å². The minimum atomic E-state index is -0.717. The van der Waals surface area contributed by atoms with Crippen molar-refractivity contribution in [3.63, 3.8) is 0 Å². The van der Waals surface area contributed by atoms with Crippen molar-refractivity contribution >= 4 is 24.3 Å². The Balaban J connectivity index is 0.00000288. The second kappa shape index (κ2) is 11.0. The highest BCUT2D eigenvalue weighted by Crippen LogP contribution is 2.16. The molecule has 1 aromatic rings. The summed E-state index contributed by atoms with van der Waals surface area (Å²) >= 11 is 0. The zero-order chi connectivity index (χ0) is 16.5. The normalized spacial score (nSPS) is 17.8. The van der Waals surface area contributed by atoms with E-state index >= 15 is 0 Å². The Kier molecular flexibility index (Phi) is 9.42. The van der Waals surface area contributed by atoms with Crippen LogP contribution in [-0.2, 0) is 4.79 Å². The van der Waals surface area contributed by atoms with Crippen molar-refractivity contribution in [1.82, 2.24) is 10.2 Å². The lowest BCUT2D eigenvalue weighted by Gasteiger charge is -2.32. The summed E-state index contributed by atoms with van der Waals surface area (Å²) in [5, 5.41) is 11.7. The molecule has 2 rings (SSSR count). The second-order valence-electron chi connectivity index (χ2n) is 6.24. The Morgan fingerprint density at radius 1 is 1.21 bits per heavy atom. The molecule has 0 bridgehead atoms. The lowest BCUT2D eigenvalue weighted by Crippen LogP contribution is -2.41. The number of amides is 1. The van der Waals surface area contributed by atoms with E-state index in [4.69, 9.17) is 5.11 Å². The fourth-order valence-electron chi connectivity index (χ4n) is 3.06. The molecule has 1 atom stereocenters. The van der Waals surface area contributed by atoms with Gasteiger partial charge in [-0.25, -0.2) is 0 Å². The summed E-state index contributed by atoms with van der Waals surface area (Å²) in [4.78, 5) is 25.0. The molecule has 0 aromatic heterocycles. The topological polar surface area (TPSA) is 69.6 Å². The zero-order valence-electron chi connectivity index (χ0n) is 13.9. The predicted octanol–water partition coefficient (Wildman–Crippen LogP) is 2.81. The first kappa shape index (κ1) is 20.5. The second-order valence-corrected chi connectivity index (χ2v) is 6.24. The number of nitrogens with zero attached hydrogens (tertiary/aromatic N) is 1. The molecule has 0 spiro atoms. The van der Waals surface area contributed by atoms with Gasteiger partial charge in [0, 0.05) is 25.1 Å². The molecule has 2 N–H and O–H groups in total. The van der Waals surface area contributed by atoms with Gasteiger partial charge in [0.2, 0.25) is 0 Å². The van der Waals surface area contributed by atoms with Crippen LogP contribution in [0, 0.1) is 5.92 Å². The third-order valence-electron chi connectivity index (χ3n) is 4.31. The number of halogens is 1. The molecular weight excluding hydrogens is 328 g/mol. The molecule has 5 nitrogen and oxygen atoms in total. The SMILES string of the molecule is Cl.O=C(O)CCCCN1CCCC(CNC(=O)c2ccccc2)C1. The van der Waals surface area contributed by atoms with Crippen LogP contribution in [0.2, 0.25) is 0 Å². The molecule has 6 heteroatoms. The van der Waals surface area contributed by atoms with Gasteiger partial charge in [0.25, 0.3) is 5.91 Å². The minimum Gasteiger partial charge on any atom is -0.481 e. The smallest absolute Gasteiger partial charge is 0.303 e. The van der Waals surface area contributed by atoms with Crippen LogP contribution in [-0.4, -0.2) is 48.1 Å². The van der Waals surface area contributed by atoms with Crippen LogP contribution in [0.5, 0.6) is 0 Å².